The molecule has 0 amide bonds. The van der Waals surface area contributed by atoms with Gasteiger partial charge in [-0.25, -0.2) is 0 Å². The van der Waals surface area contributed by atoms with Crippen LogP contribution >= 0.6 is 12.8 Å². The van der Waals surface area contributed by atoms with Crippen molar-refractivity contribution in [3.8, 4) is 0 Å². The van der Waals surface area contributed by atoms with Crippen molar-refractivity contribution in [2.75, 3.05) is 26.2 Å². The van der Waals surface area contributed by atoms with Crippen LogP contribution in [0.2, 0.25) is 0 Å². The van der Waals surface area contributed by atoms with E-state index in [0.717, 1.165) is 0 Å². The van der Waals surface area contributed by atoms with Gasteiger partial charge in [-0.1, -0.05) is 12.8 Å². The van der Waals surface area contributed by atoms with E-state index in [-0.39, 0.29) is 0 Å². The molecule has 2 aliphatic rings. The largest absolute Gasteiger partial charge is 0.316 e. The van der Waals surface area contributed by atoms with Gasteiger partial charge in [0.1, 0.15) is 0 Å². The minimum Gasteiger partial charge on any atom is -0.316 e. The van der Waals surface area contributed by atoms with Crippen LogP contribution in [-0.4, -0.2) is 30.5 Å². The van der Waals surface area contributed by atoms with Crippen LogP contribution in [-0.2, 0) is 0 Å². The van der Waals surface area contributed by atoms with Crippen LogP contribution in [0.3, 0.4) is 0 Å². The van der Waals surface area contributed by atoms with Crippen LogP contribution < -0.4 is 5.32 Å². The van der Waals surface area contributed by atoms with Gasteiger partial charge in [0.25, 0.3) is 0 Å². The van der Waals surface area contributed by atoms with Crippen molar-refractivity contribution in [2.24, 2.45) is 5.41 Å². The lowest BCUT2D eigenvalue weighted by atomic mass is 9.80. The van der Waals surface area contributed by atoms with Gasteiger partial charge in [0.15, 0.2) is 0 Å². The molecule has 2 rings (SSSR count). The fourth-order valence-corrected chi connectivity index (χ4v) is 2.69. The number of piperidine rings is 1. The number of hydrogen-bond acceptors (Lipinski definition) is 3. The molecule has 64 valence electrons. The molecule has 0 aromatic rings. The molecule has 0 radical (unpaired) electrons. The lowest BCUT2D eigenvalue weighted by Gasteiger charge is -2.33. The SMILES string of the molecule is SN1CCC2(CCCNC2)C1. The second-order valence-corrected chi connectivity index (χ2v) is 4.48. The van der Waals surface area contributed by atoms with E-state index in [4.69, 9.17) is 0 Å². The molecule has 0 aromatic heterocycles. The zero-order valence-corrected chi connectivity index (χ0v) is 7.74. The Hall–Kier alpha value is 0.270. The summed E-state index contributed by atoms with van der Waals surface area (Å²) in [6.07, 6.45) is 4.09. The molecule has 1 spiro atoms. The van der Waals surface area contributed by atoms with Crippen molar-refractivity contribution < 1.29 is 0 Å². The topological polar surface area (TPSA) is 15.3 Å². The van der Waals surface area contributed by atoms with E-state index in [9.17, 15) is 0 Å². The summed E-state index contributed by atoms with van der Waals surface area (Å²) in [6, 6.07) is 0. The first-order valence-corrected chi connectivity index (χ1v) is 4.85. The average Bonchev–Trinajstić information content (AvgIpc) is 2.34. The zero-order valence-electron chi connectivity index (χ0n) is 6.84. The maximum absolute atomic E-state index is 4.38. The number of nitrogens with one attached hydrogen (secondary N) is 1. The van der Waals surface area contributed by atoms with E-state index in [1.807, 2.05) is 0 Å². The third-order valence-corrected chi connectivity index (χ3v) is 3.32. The van der Waals surface area contributed by atoms with Gasteiger partial charge in [-0.2, -0.15) is 0 Å². The monoisotopic (exact) mass is 172 g/mol. The van der Waals surface area contributed by atoms with Crippen molar-refractivity contribution in [3.05, 3.63) is 0 Å². The van der Waals surface area contributed by atoms with Crippen LogP contribution in [0.4, 0.5) is 0 Å². The molecule has 1 atom stereocenters. The van der Waals surface area contributed by atoms with Gasteiger partial charge >= 0.3 is 0 Å². The third kappa shape index (κ3) is 1.55. The van der Waals surface area contributed by atoms with E-state index < -0.39 is 0 Å². The molecule has 2 aliphatic heterocycles. The van der Waals surface area contributed by atoms with Gasteiger partial charge in [0, 0.05) is 19.6 Å². The van der Waals surface area contributed by atoms with Crippen LogP contribution in [0.5, 0.6) is 0 Å². The number of hydrogen-bond donors (Lipinski definition) is 2. The maximum Gasteiger partial charge on any atom is 0.0156 e. The quantitative estimate of drug-likeness (QED) is 0.528. The molecule has 11 heavy (non-hydrogen) atoms. The zero-order chi connectivity index (χ0) is 7.73. The average molecular weight is 172 g/mol. The molecule has 3 heteroatoms. The molecule has 0 saturated carbocycles. The van der Waals surface area contributed by atoms with E-state index in [0.29, 0.717) is 5.41 Å². The van der Waals surface area contributed by atoms with Crippen molar-refractivity contribution in [1.82, 2.24) is 9.62 Å². The Morgan fingerprint density at radius 2 is 2.27 bits per heavy atom. The molecule has 0 bridgehead atoms. The lowest BCUT2D eigenvalue weighted by Crippen LogP contribution is -2.41. The number of rotatable bonds is 0. The normalized spacial score (nSPS) is 40.1. The predicted octanol–water partition coefficient (Wildman–Crippen LogP) is 0.907. The van der Waals surface area contributed by atoms with Crippen molar-refractivity contribution in [3.63, 3.8) is 0 Å². The van der Waals surface area contributed by atoms with Gasteiger partial charge in [-0.3, -0.25) is 4.31 Å². The molecule has 1 unspecified atom stereocenters. The first kappa shape index (κ1) is 7.90. The van der Waals surface area contributed by atoms with Gasteiger partial charge in [-0.05, 0) is 31.2 Å². The molecule has 2 heterocycles. The lowest BCUT2D eigenvalue weighted by molar-refractivity contribution is 0.227. The summed E-state index contributed by atoms with van der Waals surface area (Å²) in [4.78, 5) is 0. The fraction of sp³-hybridized carbons (Fsp3) is 1.00. The summed E-state index contributed by atoms with van der Waals surface area (Å²) in [5.41, 5.74) is 0.583. The molecule has 0 aliphatic carbocycles. The van der Waals surface area contributed by atoms with E-state index >= 15 is 0 Å². The number of nitrogens with zero attached hydrogens (tertiary/aromatic N) is 1. The molecular weight excluding hydrogens is 156 g/mol. The summed E-state index contributed by atoms with van der Waals surface area (Å²) < 4.78 is 2.16. The maximum atomic E-state index is 4.38. The van der Waals surface area contributed by atoms with Crippen LogP contribution in [0, 0.1) is 5.41 Å². The third-order valence-electron chi connectivity index (χ3n) is 2.98. The predicted molar refractivity (Wildman–Crippen MR) is 49.7 cm³/mol. The molecule has 0 aromatic carbocycles. The van der Waals surface area contributed by atoms with Gasteiger partial charge < -0.3 is 5.32 Å². The van der Waals surface area contributed by atoms with Crippen LogP contribution in [0.1, 0.15) is 19.3 Å². The minimum absolute atomic E-state index is 0.583. The molecule has 2 saturated heterocycles. The van der Waals surface area contributed by atoms with Crippen molar-refractivity contribution >= 4 is 12.8 Å². The summed E-state index contributed by atoms with van der Waals surface area (Å²) in [5, 5.41) is 3.48. The Labute approximate surface area is 73.9 Å². The second-order valence-electron chi connectivity index (χ2n) is 3.92. The molecule has 2 nitrogen and oxygen atoms in total. The van der Waals surface area contributed by atoms with Crippen molar-refractivity contribution in [2.45, 2.75) is 19.3 Å². The highest BCUT2D eigenvalue weighted by Crippen LogP contribution is 2.36. The fourth-order valence-electron chi connectivity index (χ4n) is 2.29. The first-order chi connectivity index (χ1) is 5.31. The number of thiol groups is 1. The molecular formula is C8H16N2S. The highest BCUT2D eigenvalue weighted by atomic mass is 32.1. The summed E-state index contributed by atoms with van der Waals surface area (Å²) in [7, 11) is 0. The standard InChI is InChI=1S/C8H16N2S/c11-10-5-3-8(7-10)2-1-4-9-6-8/h9,11H,1-7H2. The van der Waals surface area contributed by atoms with Crippen molar-refractivity contribution in [1.29, 1.82) is 0 Å². The Bertz CT molecular complexity index is 138. The van der Waals surface area contributed by atoms with Crippen LogP contribution in [0.25, 0.3) is 0 Å². The molecule has 2 fully saturated rings. The summed E-state index contributed by atoms with van der Waals surface area (Å²) >= 11 is 4.38. The Balaban J connectivity index is 1.98. The van der Waals surface area contributed by atoms with Gasteiger partial charge in [0.05, 0.1) is 0 Å². The highest BCUT2D eigenvalue weighted by molar-refractivity contribution is 7.77. The highest BCUT2D eigenvalue weighted by Gasteiger charge is 2.37. The van der Waals surface area contributed by atoms with Crippen LogP contribution in [0.15, 0.2) is 0 Å². The Morgan fingerprint density at radius 1 is 1.36 bits per heavy atom. The van der Waals surface area contributed by atoms with E-state index in [1.54, 1.807) is 0 Å². The first-order valence-electron chi connectivity index (χ1n) is 4.45. The summed E-state index contributed by atoms with van der Waals surface area (Å²) in [6.45, 7) is 4.78. The Morgan fingerprint density at radius 3 is 2.82 bits per heavy atom. The van der Waals surface area contributed by atoms with Gasteiger partial charge in [-0.15, -0.1) is 0 Å². The molecule has 1 N–H and O–H groups in total. The summed E-state index contributed by atoms with van der Waals surface area (Å²) in [5.74, 6) is 0. The van der Waals surface area contributed by atoms with E-state index in [2.05, 4.69) is 22.4 Å². The Kier molecular flexibility index (Phi) is 2.12. The minimum atomic E-state index is 0.583. The van der Waals surface area contributed by atoms with Gasteiger partial charge in [0.2, 0.25) is 0 Å². The smallest absolute Gasteiger partial charge is 0.0156 e. The second kappa shape index (κ2) is 2.96. The van der Waals surface area contributed by atoms with E-state index in [1.165, 1.54) is 45.4 Å².